The smallest absolute Gasteiger partial charge is 0.183 e. The zero-order valence-electron chi connectivity index (χ0n) is 12.7. The number of hydrogen-bond donors (Lipinski definition) is 0. The van der Waals surface area contributed by atoms with E-state index in [2.05, 4.69) is 0 Å². The normalized spacial score (nSPS) is 11.7. The first-order chi connectivity index (χ1) is 11.9. The SMILES string of the molecule is O=CC(COc1ccc(Cl)cc1Cl)C(=O)COc1ccc(Cl)cc1Cl. The molecule has 0 spiro atoms. The van der Waals surface area contributed by atoms with E-state index in [0.717, 1.165) is 0 Å². The number of carbonyl (C=O) groups excluding carboxylic acids is 2. The van der Waals surface area contributed by atoms with Crippen LogP contribution < -0.4 is 9.47 Å². The Morgan fingerprint density at radius 3 is 1.92 bits per heavy atom. The molecule has 0 aliphatic heterocycles. The van der Waals surface area contributed by atoms with Crippen LogP contribution >= 0.6 is 46.4 Å². The lowest BCUT2D eigenvalue weighted by Crippen LogP contribution is -2.28. The summed E-state index contributed by atoms with van der Waals surface area (Å²) >= 11 is 23.5. The fourth-order valence-electron chi connectivity index (χ4n) is 1.83. The van der Waals surface area contributed by atoms with Crippen molar-refractivity contribution in [1.82, 2.24) is 0 Å². The van der Waals surface area contributed by atoms with Gasteiger partial charge in [-0.3, -0.25) is 4.79 Å². The van der Waals surface area contributed by atoms with Gasteiger partial charge in [0.05, 0.1) is 10.0 Å². The summed E-state index contributed by atoms with van der Waals surface area (Å²) in [6.45, 7) is -0.496. The molecule has 1 atom stereocenters. The molecule has 0 N–H and O–H groups in total. The van der Waals surface area contributed by atoms with E-state index in [1.807, 2.05) is 0 Å². The van der Waals surface area contributed by atoms with Gasteiger partial charge in [-0.25, -0.2) is 0 Å². The Bertz CT molecular complexity index is 779. The van der Waals surface area contributed by atoms with Gasteiger partial charge in [0, 0.05) is 10.0 Å². The Labute approximate surface area is 164 Å². The molecule has 0 heterocycles. The number of halogens is 4. The lowest BCUT2D eigenvalue weighted by molar-refractivity contribution is -0.130. The Morgan fingerprint density at radius 1 is 0.920 bits per heavy atom. The van der Waals surface area contributed by atoms with Gasteiger partial charge in [0.25, 0.3) is 0 Å². The van der Waals surface area contributed by atoms with Crippen LogP contribution in [-0.4, -0.2) is 25.3 Å². The van der Waals surface area contributed by atoms with Crippen LogP contribution in [0.15, 0.2) is 36.4 Å². The molecule has 0 saturated heterocycles. The lowest BCUT2D eigenvalue weighted by atomic mass is 10.1. The van der Waals surface area contributed by atoms with Gasteiger partial charge < -0.3 is 14.3 Å². The van der Waals surface area contributed by atoms with Crippen LogP contribution in [0.25, 0.3) is 0 Å². The molecule has 2 aromatic carbocycles. The van der Waals surface area contributed by atoms with Crippen molar-refractivity contribution < 1.29 is 19.1 Å². The fraction of sp³-hybridized carbons (Fsp3) is 0.176. The van der Waals surface area contributed by atoms with Crippen molar-refractivity contribution >= 4 is 58.5 Å². The number of hydrogen-bond acceptors (Lipinski definition) is 4. The summed E-state index contributed by atoms with van der Waals surface area (Å²) in [7, 11) is 0. The first kappa shape index (κ1) is 19.9. The largest absolute Gasteiger partial charge is 0.491 e. The number of rotatable bonds is 8. The molecule has 0 aliphatic carbocycles. The highest BCUT2D eigenvalue weighted by Crippen LogP contribution is 2.29. The molecule has 0 aromatic heterocycles. The van der Waals surface area contributed by atoms with Gasteiger partial charge in [-0.15, -0.1) is 0 Å². The molecule has 0 fully saturated rings. The summed E-state index contributed by atoms with van der Waals surface area (Å²) in [6.07, 6.45) is 0.499. The molecule has 0 saturated carbocycles. The highest BCUT2D eigenvalue weighted by atomic mass is 35.5. The summed E-state index contributed by atoms with van der Waals surface area (Å²) in [4.78, 5) is 23.3. The van der Waals surface area contributed by atoms with Gasteiger partial charge in [0.15, 0.2) is 5.78 Å². The quantitative estimate of drug-likeness (QED) is 0.437. The number of Topliss-reactive ketones (excluding diaryl/α,β-unsaturated/α-hetero) is 1. The number of ketones is 1. The molecule has 0 aliphatic rings. The topological polar surface area (TPSA) is 52.6 Å². The summed E-state index contributed by atoms with van der Waals surface area (Å²) in [6, 6.07) is 9.26. The summed E-state index contributed by atoms with van der Waals surface area (Å²) in [5.74, 6) is -0.831. The minimum Gasteiger partial charge on any atom is -0.491 e. The molecular weight excluding hydrogens is 410 g/mol. The predicted molar refractivity (Wildman–Crippen MR) is 98.5 cm³/mol. The highest BCUT2D eigenvalue weighted by Gasteiger charge is 2.20. The number of benzene rings is 2. The molecular formula is C17H12Cl4O4. The van der Waals surface area contributed by atoms with Crippen molar-refractivity contribution in [2.24, 2.45) is 5.92 Å². The van der Waals surface area contributed by atoms with Crippen LogP contribution in [0.3, 0.4) is 0 Å². The minimum absolute atomic E-state index is 0.165. The van der Waals surface area contributed by atoms with Crippen molar-refractivity contribution in [3.63, 3.8) is 0 Å². The molecule has 8 heteroatoms. The summed E-state index contributed by atoms with van der Waals surface area (Å²) in [5, 5.41) is 1.46. The molecule has 2 rings (SSSR count). The van der Waals surface area contributed by atoms with Crippen molar-refractivity contribution in [2.75, 3.05) is 13.2 Å². The monoisotopic (exact) mass is 420 g/mol. The number of ether oxygens (including phenoxy) is 2. The van der Waals surface area contributed by atoms with Crippen LogP contribution in [0.1, 0.15) is 0 Å². The van der Waals surface area contributed by atoms with Gasteiger partial charge in [-0.2, -0.15) is 0 Å². The average molecular weight is 422 g/mol. The van der Waals surface area contributed by atoms with Gasteiger partial charge in [-0.05, 0) is 36.4 Å². The number of carbonyl (C=O) groups is 2. The van der Waals surface area contributed by atoms with E-state index in [9.17, 15) is 9.59 Å². The Kier molecular flexibility index (Phi) is 7.38. The maximum Gasteiger partial charge on any atom is 0.183 e. The first-order valence-corrected chi connectivity index (χ1v) is 8.55. The van der Waals surface area contributed by atoms with Gasteiger partial charge in [0.1, 0.15) is 36.9 Å². The van der Waals surface area contributed by atoms with Crippen LogP contribution in [0, 0.1) is 5.92 Å². The molecule has 0 amide bonds. The van der Waals surface area contributed by atoms with Crippen molar-refractivity contribution in [3.05, 3.63) is 56.5 Å². The van der Waals surface area contributed by atoms with Gasteiger partial charge in [0.2, 0.25) is 0 Å². The zero-order chi connectivity index (χ0) is 18.4. The second kappa shape index (κ2) is 9.30. The predicted octanol–water partition coefficient (Wildman–Crippen LogP) is 5.14. The summed E-state index contributed by atoms with van der Waals surface area (Å²) < 4.78 is 10.7. The number of aldehydes is 1. The van der Waals surface area contributed by atoms with Crippen molar-refractivity contribution in [2.45, 2.75) is 0 Å². The van der Waals surface area contributed by atoms with Crippen molar-refractivity contribution in [1.29, 1.82) is 0 Å². The zero-order valence-corrected chi connectivity index (χ0v) is 15.7. The first-order valence-electron chi connectivity index (χ1n) is 7.04. The van der Waals surface area contributed by atoms with Crippen LogP contribution in [0.2, 0.25) is 20.1 Å². The van der Waals surface area contributed by atoms with Crippen molar-refractivity contribution in [3.8, 4) is 11.5 Å². The van der Waals surface area contributed by atoms with E-state index in [0.29, 0.717) is 27.8 Å². The minimum atomic E-state index is -1.00. The molecule has 1 unspecified atom stereocenters. The Balaban J connectivity index is 1.93. The van der Waals surface area contributed by atoms with Gasteiger partial charge >= 0.3 is 0 Å². The van der Waals surface area contributed by atoms with Crippen LogP contribution in [-0.2, 0) is 9.59 Å². The molecule has 4 nitrogen and oxygen atoms in total. The lowest BCUT2D eigenvalue weighted by Gasteiger charge is -2.13. The maximum atomic E-state index is 12.1. The second-order valence-electron chi connectivity index (χ2n) is 4.96. The van der Waals surface area contributed by atoms with E-state index >= 15 is 0 Å². The van der Waals surface area contributed by atoms with Crippen LogP contribution in [0.4, 0.5) is 0 Å². The van der Waals surface area contributed by atoms with E-state index in [4.69, 9.17) is 55.9 Å². The summed E-state index contributed by atoms with van der Waals surface area (Å²) in [5.41, 5.74) is 0. The van der Waals surface area contributed by atoms with E-state index < -0.39 is 11.7 Å². The third-order valence-electron chi connectivity index (χ3n) is 3.15. The third-order valence-corrected chi connectivity index (χ3v) is 4.21. The van der Waals surface area contributed by atoms with E-state index in [1.165, 1.54) is 18.2 Å². The Hall–Kier alpha value is -1.46. The molecule has 25 heavy (non-hydrogen) atoms. The van der Waals surface area contributed by atoms with E-state index in [1.54, 1.807) is 18.2 Å². The van der Waals surface area contributed by atoms with Crippen LogP contribution in [0.5, 0.6) is 11.5 Å². The second-order valence-corrected chi connectivity index (χ2v) is 6.65. The van der Waals surface area contributed by atoms with E-state index in [-0.39, 0.29) is 23.3 Å². The maximum absolute atomic E-state index is 12.1. The third kappa shape index (κ3) is 5.79. The Morgan fingerprint density at radius 2 is 1.44 bits per heavy atom. The highest BCUT2D eigenvalue weighted by molar-refractivity contribution is 6.36. The molecule has 0 bridgehead atoms. The fourth-order valence-corrected chi connectivity index (χ4v) is 2.75. The standard InChI is InChI=1S/C17H12Cl4O4/c18-11-1-3-16(13(20)5-11)24-8-10(7-22)15(23)9-25-17-4-2-12(19)6-14(17)21/h1-7,10H,8-9H2. The molecule has 132 valence electrons. The van der Waals surface area contributed by atoms with Gasteiger partial charge in [-0.1, -0.05) is 46.4 Å². The molecule has 0 radical (unpaired) electrons. The average Bonchev–Trinajstić information content (AvgIpc) is 2.56. The molecule has 2 aromatic rings.